The molecule has 1 heterocycles. The Labute approximate surface area is 166 Å². The molecule has 0 radical (unpaired) electrons. The minimum atomic E-state index is -0.351. The summed E-state index contributed by atoms with van der Waals surface area (Å²) >= 11 is 3.41. The molecular formula is C21H19BrO5. The van der Waals surface area contributed by atoms with Gasteiger partial charge in [0.05, 0.1) is 26.9 Å². The van der Waals surface area contributed by atoms with Crippen LogP contribution in [0.25, 0.3) is 6.08 Å². The van der Waals surface area contributed by atoms with E-state index >= 15 is 0 Å². The van der Waals surface area contributed by atoms with E-state index in [-0.39, 0.29) is 5.97 Å². The van der Waals surface area contributed by atoms with Crippen LogP contribution in [0.1, 0.15) is 11.1 Å². The highest BCUT2D eigenvalue weighted by Crippen LogP contribution is 2.36. The number of allylic oxidation sites excluding steroid dienone is 1. The SMILES string of the molecule is COc1cc(OC)c(/C=C2\C=C(Cc3ccc(Br)cc3)C(=O)O2)c(OC)c1. The molecule has 0 unspecified atom stereocenters. The first-order chi connectivity index (χ1) is 13.0. The molecule has 2 aromatic rings. The van der Waals surface area contributed by atoms with Gasteiger partial charge in [-0.3, -0.25) is 0 Å². The third kappa shape index (κ3) is 4.34. The Morgan fingerprint density at radius 2 is 1.63 bits per heavy atom. The maximum Gasteiger partial charge on any atom is 0.339 e. The van der Waals surface area contributed by atoms with Crippen molar-refractivity contribution in [3.05, 3.63) is 69.4 Å². The smallest absolute Gasteiger partial charge is 0.339 e. The molecule has 0 bridgehead atoms. The number of ether oxygens (including phenoxy) is 4. The van der Waals surface area contributed by atoms with Crippen LogP contribution in [0.3, 0.4) is 0 Å². The second-order valence-electron chi connectivity index (χ2n) is 5.85. The minimum absolute atomic E-state index is 0.351. The molecule has 0 N–H and O–H groups in total. The van der Waals surface area contributed by atoms with Crippen LogP contribution in [-0.4, -0.2) is 27.3 Å². The number of cyclic esters (lactones) is 1. The largest absolute Gasteiger partial charge is 0.496 e. The maximum atomic E-state index is 12.2. The fourth-order valence-corrected chi connectivity index (χ4v) is 3.03. The number of hydrogen-bond acceptors (Lipinski definition) is 5. The van der Waals surface area contributed by atoms with E-state index in [4.69, 9.17) is 18.9 Å². The number of benzene rings is 2. The standard InChI is InChI=1S/C21H19BrO5/c1-24-16-11-19(25-2)18(20(12-16)26-3)10-17-9-14(21(23)27-17)8-13-4-6-15(22)7-5-13/h4-7,9-12H,8H2,1-3H3/b17-10+. The number of hydrogen-bond donors (Lipinski definition) is 0. The summed E-state index contributed by atoms with van der Waals surface area (Å²) in [6.07, 6.45) is 3.97. The van der Waals surface area contributed by atoms with Crippen molar-refractivity contribution in [3.8, 4) is 17.2 Å². The Balaban J connectivity index is 1.92. The molecule has 0 aromatic heterocycles. The summed E-state index contributed by atoms with van der Waals surface area (Å²) in [5.41, 5.74) is 2.29. The van der Waals surface area contributed by atoms with Gasteiger partial charge in [-0.15, -0.1) is 0 Å². The van der Waals surface area contributed by atoms with Crippen molar-refractivity contribution in [2.75, 3.05) is 21.3 Å². The van der Waals surface area contributed by atoms with Crippen LogP contribution >= 0.6 is 15.9 Å². The topological polar surface area (TPSA) is 54.0 Å². The van der Waals surface area contributed by atoms with E-state index in [2.05, 4.69) is 15.9 Å². The number of carbonyl (C=O) groups excluding carboxylic acids is 1. The molecule has 0 fully saturated rings. The predicted octanol–water partition coefficient (Wildman–Crippen LogP) is 4.54. The van der Waals surface area contributed by atoms with Crippen LogP contribution in [0.15, 0.2) is 58.3 Å². The number of esters is 1. The molecule has 1 aliphatic rings. The minimum Gasteiger partial charge on any atom is -0.496 e. The monoisotopic (exact) mass is 430 g/mol. The Morgan fingerprint density at radius 1 is 1.00 bits per heavy atom. The highest BCUT2D eigenvalue weighted by Gasteiger charge is 2.22. The van der Waals surface area contributed by atoms with Gasteiger partial charge in [-0.2, -0.15) is 0 Å². The Kier molecular flexibility index (Phi) is 5.86. The third-order valence-corrected chi connectivity index (χ3v) is 4.67. The van der Waals surface area contributed by atoms with Crippen molar-refractivity contribution in [2.24, 2.45) is 0 Å². The van der Waals surface area contributed by atoms with Crippen LogP contribution < -0.4 is 14.2 Å². The quantitative estimate of drug-likeness (QED) is 0.629. The average Bonchev–Trinajstić information content (AvgIpc) is 3.02. The molecule has 2 aromatic carbocycles. The molecule has 0 atom stereocenters. The Hall–Kier alpha value is -2.73. The van der Waals surface area contributed by atoms with Crippen molar-refractivity contribution < 1.29 is 23.7 Å². The molecular weight excluding hydrogens is 412 g/mol. The van der Waals surface area contributed by atoms with E-state index in [9.17, 15) is 4.79 Å². The fourth-order valence-electron chi connectivity index (χ4n) is 2.77. The van der Waals surface area contributed by atoms with Crippen LogP contribution in [-0.2, 0) is 16.0 Å². The van der Waals surface area contributed by atoms with Gasteiger partial charge in [-0.05, 0) is 29.8 Å². The second kappa shape index (κ2) is 8.31. The molecule has 3 rings (SSSR count). The van der Waals surface area contributed by atoms with Crippen molar-refractivity contribution in [3.63, 3.8) is 0 Å². The van der Waals surface area contributed by atoms with Crippen LogP contribution in [0, 0.1) is 0 Å². The molecule has 27 heavy (non-hydrogen) atoms. The highest BCUT2D eigenvalue weighted by atomic mass is 79.9. The average molecular weight is 431 g/mol. The zero-order valence-corrected chi connectivity index (χ0v) is 16.8. The Morgan fingerprint density at radius 3 is 2.19 bits per heavy atom. The van der Waals surface area contributed by atoms with Crippen molar-refractivity contribution in [2.45, 2.75) is 6.42 Å². The molecule has 0 saturated heterocycles. The number of methoxy groups -OCH3 is 3. The normalized spacial score (nSPS) is 14.7. The van der Waals surface area contributed by atoms with Gasteiger partial charge in [0, 0.05) is 28.6 Å². The van der Waals surface area contributed by atoms with Gasteiger partial charge >= 0.3 is 5.97 Å². The molecule has 1 aliphatic heterocycles. The number of rotatable bonds is 6. The number of carbonyl (C=O) groups is 1. The van der Waals surface area contributed by atoms with Gasteiger partial charge in [0.25, 0.3) is 0 Å². The summed E-state index contributed by atoms with van der Waals surface area (Å²) in [6, 6.07) is 11.3. The van der Waals surface area contributed by atoms with E-state index in [0.29, 0.717) is 40.6 Å². The molecule has 0 saturated carbocycles. The highest BCUT2D eigenvalue weighted by molar-refractivity contribution is 9.10. The van der Waals surface area contributed by atoms with Gasteiger partial charge in [-0.25, -0.2) is 4.79 Å². The molecule has 0 aliphatic carbocycles. The fraction of sp³-hybridized carbons (Fsp3) is 0.190. The first-order valence-electron chi connectivity index (χ1n) is 8.23. The lowest BCUT2D eigenvalue weighted by atomic mass is 10.1. The third-order valence-electron chi connectivity index (χ3n) is 4.14. The summed E-state index contributed by atoms with van der Waals surface area (Å²) in [7, 11) is 4.69. The molecule has 6 heteroatoms. The second-order valence-corrected chi connectivity index (χ2v) is 6.77. The van der Waals surface area contributed by atoms with E-state index < -0.39 is 0 Å². The van der Waals surface area contributed by atoms with Crippen LogP contribution in [0.2, 0.25) is 0 Å². The zero-order valence-electron chi connectivity index (χ0n) is 15.2. The van der Waals surface area contributed by atoms with Crippen LogP contribution in [0.4, 0.5) is 0 Å². The summed E-state index contributed by atoms with van der Waals surface area (Å²) in [5.74, 6) is 1.82. The lowest BCUT2D eigenvalue weighted by Gasteiger charge is -2.12. The van der Waals surface area contributed by atoms with E-state index in [1.165, 1.54) is 0 Å². The zero-order chi connectivity index (χ0) is 19.4. The summed E-state index contributed by atoms with van der Waals surface area (Å²) in [4.78, 5) is 12.2. The lowest BCUT2D eigenvalue weighted by Crippen LogP contribution is -2.02. The van der Waals surface area contributed by atoms with Gasteiger partial charge in [-0.1, -0.05) is 28.1 Å². The van der Waals surface area contributed by atoms with E-state index in [1.54, 1.807) is 45.6 Å². The first-order valence-corrected chi connectivity index (χ1v) is 9.02. The summed E-state index contributed by atoms with van der Waals surface area (Å²) < 4.78 is 22.5. The van der Waals surface area contributed by atoms with Gasteiger partial charge in [0.1, 0.15) is 23.0 Å². The van der Waals surface area contributed by atoms with Crippen molar-refractivity contribution >= 4 is 28.0 Å². The molecule has 140 valence electrons. The molecule has 5 nitrogen and oxygen atoms in total. The Bertz CT molecular complexity index is 888. The first kappa shape index (κ1) is 19.0. The molecule has 0 amide bonds. The van der Waals surface area contributed by atoms with Crippen molar-refractivity contribution in [1.82, 2.24) is 0 Å². The molecule has 0 spiro atoms. The van der Waals surface area contributed by atoms with Crippen LogP contribution in [0.5, 0.6) is 17.2 Å². The predicted molar refractivity (Wildman–Crippen MR) is 106 cm³/mol. The van der Waals surface area contributed by atoms with Gasteiger partial charge in [0.15, 0.2) is 0 Å². The van der Waals surface area contributed by atoms with Crippen molar-refractivity contribution in [1.29, 1.82) is 0 Å². The van der Waals surface area contributed by atoms with E-state index in [0.717, 1.165) is 10.0 Å². The summed E-state index contributed by atoms with van der Waals surface area (Å²) in [5, 5.41) is 0. The van der Waals surface area contributed by atoms with Gasteiger partial charge < -0.3 is 18.9 Å². The summed E-state index contributed by atoms with van der Waals surface area (Å²) in [6.45, 7) is 0. The lowest BCUT2D eigenvalue weighted by molar-refractivity contribution is -0.133. The number of halogens is 1. The van der Waals surface area contributed by atoms with Gasteiger partial charge in [0.2, 0.25) is 0 Å². The maximum absolute atomic E-state index is 12.2. The van der Waals surface area contributed by atoms with E-state index in [1.807, 2.05) is 24.3 Å².